The summed E-state index contributed by atoms with van der Waals surface area (Å²) in [5, 5.41) is 5.78. The van der Waals surface area contributed by atoms with E-state index >= 15 is 0 Å². The molecule has 0 unspecified atom stereocenters. The predicted octanol–water partition coefficient (Wildman–Crippen LogP) is 0.868. The Hall–Kier alpha value is -3.46. The molecule has 0 aromatic carbocycles. The van der Waals surface area contributed by atoms with Gasteiger partial charge in [0.1, 0.15) is 5.69 Å². The van der Waals surface area contributed by atoms with Gasteiger partial charge in [0.15, 0.2) is 11.2 Å². The smallest absolute Gasteiger partial charge is 0.296 e. The van der Waals surface area contributed by atoms with Crippen molar-refractivity contribution < 1.29 is 9.53 Å². The molecule has 3 aromatic heterocycles. The first kappa shape index (κ1) is 18.9. The van der Waals surface area contributed by atoms with Gasteiger partial charge < -0.3 is 14.6 Å². The van der Waals surface area contributed by atoms with Gasteiger partial charge in [0.05, 0.1) is 5.56 Å². The maximum atomic E-state index is 12.7. The third-order valence-electron chi connectivity index (χ3n) is 4.96. The maximum Gasteiger partial charge on any atom is 0.296 e. The standard InChI is InChI=1S/C20H21N5O4/c26-16-3-7-24(8-4-16)17-13-23-25(20(17)28)18-2-1-15(12-21-18)19(27)22-11-14-5-9-29-10-6-14/h1-4,7-8,12-14,23H,5-6,9-11H2,(H,22,27). The lowest BCUT2D eigenvalue weighted by molar-refractivity contribution is 0.0642. The summed E-state index contributed by atoms with van der Waals surface area (Å²) in [5.74, 6) is 0.607. The lowest BCUT2D eigenvalue weighted by Gasteiger charge is -2.22. The lowest BCUT2D eigenvalue weighted by atomic mass is 10.0. The molecule has 0 bridgehead atoms. The highest BCUT2D eigenvalue weighted by atomic mass is 16.5. The maximum absolute atomic E-state index is 12.7. The number of nitrogens with zero attached hydrogens (tertiary/aromatic N) is 3. The summed E-state index contributed by atoms with van der Waals surface area (Å²) >= 11 is 0. The van der Waals surface area contributed by atoms with Crippen molar-refractivity contribution in [3.8, 4) is 11.5 Å². The van der Waals surface area contributed by atoms with Crippen LogP contribution in [0.5, 0.6) is 0 Å². The van der Waals surface area contributed by atoms with Crippen LogP contribution in [-0.4, -0.2) is 45.0 Å². The summed E-state index contributed by atoms with van der Waals surface area (Å²) in [6.07, 6.45) is 7.92. The number of H-pyrrole nitrogens is 1. The van der Waals surface area contributed by atoms with E-state index in [1.807, 2.05) is 0 Å². The predicted molar refractivity (Wildman–Crippen MR) is 106 cm³/mol. The Morgan fingerprint density at radius 2 is 1.93 bits per heavy atom. The van der Waals surface area contributed by atoms with E-state index < -0.39 is 0 Å². The molecule has 0 atom stereocenters. The lowest BCUT2D eigenvalue weighted by Crippen LogP contribution is -2.32. The van der Waals surface area contributed by atoms with Gasteiger partial charge in [0.25, 0.3) is 11.5 Å². The number of aromatic amines is 1. The van der Waals surface area contributed by atoms with Gasteiger partial charge in [-0.25, -0.2) is 4.98 Å². The van der Waals surface area contributed by atoms with Crippen molar-refractivity contribution in [2.75, 3.05) is 19.8 Å². The fourth-order valence-corrected chi connectivity index (χ4v) is 3.23. The highest BCUT2D eigenvalue weighted by molar-refractivity contribution is 5.93. The summed E-state index contributed by atoms with van der Waals surface area (Å²) in [7, 11) is 0. The van der Waals surface area contributed by atoms with E-state index in [2.05, 4.69) is 15.4 Å². The van der Waals surface area contributed by atoms with Gasteiger partial charge in [-0.2, -0.15) is 4.68 Å². The molecule has 29 heavy (non-hydrogen) atoms. The molecule has 150 valence electrons. The fourth-order valence-electron chi connectivity index (χ4n) is 3.23. The molecule has 1 saturated heterocycles. The van der Waals surface area contributed by atoms with Gasteiger partial charge in [0.2, 0.25) is 0 Å². The van der Waals surface area contributed by atoms with Gasteiger partial charge in [-0.15, -0.1) is 0 Å². The van der Waals surface area contributed by atoms with E-state index in [9.17, 15) is 14.4 Å². The number of carbonyl (C=O) groups is 1. The molecule has 0 spiro atoms. The first-order valence-electron chi connectivity index (χ1n) is 9.43. The van der Waals surface area contributed by atoms with E-state index in [0.29, 0.717) is 29.5 Å². The topological polar surface area (TPSA) is 111 Å². The quantitative estimate of drug-likeness (QED) is 0.666. The van der Waals surface area contributed by atoms with Crippen LogP contribution in [0.25, 0.3) is 11.5 Å². The number of rotatable bonds is 5. The number of amides is 1. The minimum Gasteiger partial charge on any atom is -0.381 e. The Morgan fingerprint density at radius 3 is 2.62 bits per heavy atom. The first-order chi connectivity index (χ1) is 14.1. The Bertz CT molecular complexity index is 1090. The van der Waals surface area contributed by atoms with Crippen LogP contribution in [0.15, 0.2) is 58.6 Å². The van der Waals surface area contributed by atoms with Crippen LogP contribution in [0.1, 0.15) is 23.2 Å². The Kier molecular flexibility index (Phi) is 5.39. The minimum atomic E-state index is -0.321. The second-order valence-corrected chi connectivity index (χ2v) is 6.91. The van der Waals surface area contributed by atoms with Gasteiger partial charge in [-0.05, 0) is 30.9 Å². The van der Waals surface area contributed by atoms with Crippen molar-refractivity contribution >= 4 is 5.91 Å². The van der Waals surface area contributed by atoms with E-state index in [0.717, 1.165) is 26.1 Å². The van der Waals surface area contributed by atoms with E-state index in [-0.39, 0.29) is 16.9 Å². The van der Waals surface area contributed by atoms with Crippen molar-refractivity contribution in [3.63, 3.8) is 0 Å². The van der Waals surface area contributed by atoms with Crippen LogP contribution in [0.2, 0.25) is 0 Å². The van der Waals surface area contributed by atoms with E-state index in [4.69, 9.17) is 4.74 Å². The molecule has 0 radical (unpaired) electrons. The monoisotopic (exact) mass is 395 g/mol. The third-order valence-corrected chi connectivity index (χ3v) is 4.96. The molecule has 4 heterocycles. The second-order valence-electron chi connectivity index (χ2n) is 6.91. The average Bonchev–Trinajstić information content (AvgIpc) is 3.15. The van der Waals surface area contributed by atoms with Crippen LogP contribution in [0.4, 0.5) is 0 Å². The van der Waals surface area contributed by atoms with Crippen LogP contribution in [-0.2, 0) is 4.74 Å². The van der Waals surface area contributed by atoms with Crippen molar-refractivity contribution in [3.05, 3.63) is 75.2 Å². The highest BCUT2D eigenvalue weighted by Crippen LogP contribution is 2.13. The van der Waals surface area contributed by atoms with E-state index in [1.54, 1.807) is 16.7 Å². The average molecular weight is 395 g/mol. The molecule has 3 aromatic rings. The molecule has 1 aliphatic heterocycles. The molecule has 4 rings (SSSR count). The van der Waals surface area contributed by atoms with Crippen molar-refractivity contribution in [2.45, 2.75) is 12.8 Å². The summed E-state index contributed by atoms with van der Waals surface area (Å²) in [5.41, 5.74) is 0.327. The van der Waals surface area contributed by atoms with Crippen LogP contribution < -0.4 is 16.3 Å². The number of pyridine rings is 2. The normalized spacial score (nSPS) is 14.6. The summed E-state index contributed by atoms with van der Waals surface area (Å²) in [6.45, 7) is 2.09. The third kappa shape index (κ3) is 4.19. The zero-order valence-electron chi connectivity index (χ0n) is 15.7. The summed E-state index contributed by atoms with van der Waals surface area (Å²) in [4.78, 5) is 40.5. The summed E-state index contributed by atoms with van der Waals surface area (Å²) < 4.78 is 8.15. The number of hydrogen-bond donors (Lipinski definition) is 2. The van der Waals surface area contributed by atoms with Crippen LogP contribution in [0, 0.1) is 5.92 Å². The summed E-state index contributed by atoms with van der Waals surface area (Å²) in [6, 6.07) is 6.00. The van der Waals surface area contributed by atoms with Gasteiger partial charge in [-0.1, -0.05) is 0 Å². The number of ether oxygens (including phenoxy) is 1. The largest absolute Gasteiger partial charge is 0.381 e. The molecule has 0 saturated carbocycles. The molecule has 9 heteroatoms. The first-order valence-corrected chi connectivity index (χ1v) is 9.43. The van der Waals surface area contributed by atoms with Gasteiger partial charge in [-0.3, -0.25) is 19.5 Å². The zero-order valence-corrected chi connectivity index (χ0v) is 15.7. The van der Waals surface area contributed by atoms with Crippen molar-refractivity contribution in [2.24, 2.45) is 5.92 Å². The van der Waals surface area contributed by atoms with Crippen LogP contribution in [0.3, 0.4) is 0 Å². The Labute approximate surface area is 165 Å². The Morgan fingerprint density at radius 1 is 1.17 bits per heavy atom. The second kappa shape index (κ2) is 8.27. The fraction of sp³-hybridized carbons (Fsp3) is 0.300. The van der Waals surface area contributed by atoms with Crippen LogP contribution >= 0.6 is 0 Å². The molecule has 2 N–H and O–H groups in total. The molecule has 1 amide bonds. The number of aromatic nitrogens is 4. The Balaban J connectivity index is 1.46. The number of nitrogens with one attached hydrogen (secondary N) is 2. The SMILES string of the molecule is O=C(NCC1CCOCC1)c1ccc(-n2[nH]cc(-n3ccc(=O)cc3)c2=O)nc1. The molecule has 1 fully saturated rings. The van der Waals surface area contributed by atoms with Crippen molar-refractivity contribution in [1.82, 2.24) is 24.6 Å². The molecule has 1 aliphatic rings. The number of hydrogen-bond acceptors (Lipinski definition) is 5. The van der Waals surface area contributed by atoms with Gasteiger partial charge >= 0.3 is 0 Å². The molecule has 9 nitrogen and oxygen atoms in total. The number of carbonyl (C=O) groups excluding carboxylic acids is 1. The highest BCUT2D eigenvalue weighted by Gasteiger charge is 2.16. The molecular formula is C20H21N5O4. The zero-order chi connectivity index (χ0) is 20.2. The van der Waals surface area contributed by atoms with Crippen molar-refractivity contribution in [1.29, 1.82) is 0 Å². The van der Waals surface area contributed by atoms with E-state index in [1.165, 1.54) is 41.6 Å². The minimum absolute atomic E-state index is 0.135. The molecule has 0 aliphatic carbocycles. The molecular weight excluding hydrogens is 374 g/mol. The van der Waals surface area contributed by atoms with Gasteiger partial charge in [0, 0.05) is 56.7 Å².